The average molecular weight is 456 g/mol. The van der Waals surface area contributed by atoms with Crippen molar-refractivity contribution >= 4 is 33.3 Å². The van der Waals surface area contributed by atoms with Crippen molar-refractivity contribution in [1.82, 2.24) is 9.29 Å². The highest BCUT2D eigenvalue weighted by Gasteiger charge is 2.31. The van der Waals surface area contributed by atoms with Gasteiger partial charge in [-0.25, -0.2) is 8.42 Å². The van der Waals surface area contributed by atoms with Gasteiger partial charge >= 0.3 is 0 Å². The van der Waals surface area contributed by atoms with E-state index in [1.165, 1.54) is 34.0 Å². The molecule has 1 fully saturated rings. The van der Waals surface area contributed by atoms with Crippen molar-refractivity contribution in [3.05, 3.63) is 46.3 Å². The fourth-order valence-corrected chi connectivity index (χ4v) is 6.49. The normalized spacial score (nSPS) is 20.5. The van der Waals surface area contributed by atoms with Crippen LogP contribution >= 0.6 is 0 Å². The zero-order chi connectivity index (χ0) is 22.5. The molecule has 7 nitrogen and oxygen atoms in total. The Balaban J connectivity index is 1.58. The standard InChI is InChI=1S/C24H29N3O4S/c1-15(2)23-17-5-3-4-6-20(17)25-22(23)14-19-18-13-16(7-8-21(18)26-24(19)28)32(29,30)27-9-11-31-12-10-27/h7-8,13-15,25H,3-6,9-12H2,1-2H3,(H,26,28). The monoisotopic (exact) mass is 455 g/mol. The number of anilines is 1. The first-order valence-corrected chi connectivity index (χ1v) is 12.8. The fraction of sp³-hybridized carbons (Fsp3) is 0.458. The third kappa shape index (κ3) is 3.60. The van der Waals surface area contributed by atoms with Crippen molar-refractivity contribution in [2.24, 2.45) is 0 Å². The number of benzene rings is 1. The molecule has 0 bridgehead atoms. The minimum absolute atomic E-state index is 0.204. The van der Waals surface area contributed by atoms with Gasteiger partial charge in [-0.1, -0.05) is 13.8 Å². The molecule has 0 atom stereocenters. The van der Waals surface area contributed by atoms with Gasteiger partial charge < -0.3 is 15.0 Å². The first-order chi connectivity index (χ1) is 15.4. The van der Waals surface area contributed by atoms with Crippen molar-refractivity contribution in [2.45, 2.75) is 50.3 Å². The van der Waals surface area contributed by atoms with Crippen LogP contribution in [0.2, 0.25) is 0 Å². The topological polar surface area (TPSA) is 91.5 Å². The molecule has 0 spiro atoms. The Bertz CT molecular complexity index is 1200. The zero-order valence-electron chi connectivity index (χ0n) is 18.5. The number of carbonyl (C=O) groups is 1. The second-order valence-corrected chi connectivity index (χ2v) is 10.9. The number of aromatic amines is 1. The Hall–Kier alpha value is -2.42. The molecule has 0 saturated carbocycles. The van der Waals surface area contributed by atoms with Gasteiger partial charge in [0.05, 0.1) is 23.7 Å². The molecule has 1 aromatic carbocycles. The van der Waals surface area contributed by atoms with Gasteiger partial charge in [-0.3, -0.25) is 4.79 Å². The molecule has 32 heavy (non-hydrogen) atoms. The van der Waals surface area contributed by atoms with Gasteiger partial charge in [0.15, 0.2) is 0 Å². The predicted octanol–water partition coefficient (Wildman–Crippen LogP) is 3.53. The van der Waals surface area contributed by atoms with Crippen LogP contribution in [-0.4, -0.2) is 49.9 Å². The SMILES string of the molecule is CC(C)c1c(C=C2C(=O)Nc3ccc(S(=O)(=O)N4CCOCC4)cc32)[nH]c2c1CCCC2. The predicted molar refractivity (Wildman–Crippen MR) is 124 cm³/mol. The maximum absolute atomic E-state index is 13.1. The number of nitrogens with one attached hydrogen (secondary N) is 2. The average Bonchev–Trinajstić information content (AvgIpc) is 3.31. The largest absolute Gasteiger partial charge is 0.379 e. The molecule has 0 radical (unpaired) electrons. The highest BCUT2D eigenvalue weighted by molar-refractivity contribution is 7.89. The Morgan fingerprint density at radius 3 is 2.62 bits per heavy atom. The molecule has 3 heterocycles. The Labute approximate surface area is 188 Å². The smallest absolute Gasteiger partial charge is 0.256 e. The molecule has 2 aromatic rings. The number of H-pyrrole nitrogens is 1. The summed E-state index contributed by atoms with van der Waals surface area (Å²) in [5.41, 5.74) is 6.67. The van der Waals surface area contributed by atoms with Crippen LogP contribution in [0.15, 0.2) is 23.1 Å². The summed E-state index contributed by atoms with van der Waals surface area (Å²) in [5.74, 6) is 0.125. The number of rotatable bonds is 4. The molecule has 2 aliphatic heterocycles. The number of aryl methyl sites for hydroxylation is 1. The highest BCUT2D eigenvalue weighted by Crippen LogP contribution is 2.38. The maximum atomic E-state index is 13.1. The fourth-order valence-electron chi connectivity index (χ4n) is 5.06. The minimum Gasteiger partial charge on any atom is -0.379 e. The van der Waals surface area contributed by atoms with Crippen LogP contribution < -0.4 is 5.32 Å². The van der Waals surface area contributed by atoms with E-state index < -0.39 is 10.0 Å². The number of ether oxygens (including phenoxy) is 1. The van der Waals surface area contributed by atoms with E-state index in [0.29, 0.717) is 49.0 Å². The number of nitrogens with zero attached hydrogens (tertiary/aromatic N) is 1. The van der Waals surface area contributed by atoms with Gasteiger partial charge in [0.25, 0.3) is 5.91 Å². The van der Waals surface area contributed by atoms with Gasteiger partial charge in [0.1, 0.15) is 0 Å². The highest BCUT2D eigenvalue weighted by atomic mass is 32.2. The van der Waals surface area contributed by atoms with E-state index in [-0.39, 0.29) is 10.8 Å². The summed E-state index contributed by atoms with van der Waals surface area (Å²) in [6.07, 6.45) is 6.36. The van der Waals surface area contributed by atoms with E-state index in [1.807, 2.05) is 6.08 Å². The van der Waals surface area contributed by atoms with Crippen LogP contribution in [0.25, 0.3) is 11.6 Å². The van der Waals surface area contributed by atoms with E-state index in [4.69, 9.17) is 4.74 Å². The molecular formula is C24H29N3O4S. The Morgan fingerprint density at radius 2 is 1.88 bits per heavy atom. The summed E-state index contributed by atoms with van der Waals surface area (Å²) < 4.78 is 33.0. The third-order valence-corrected chi connectivity index (χ3v) is 8.51. The lowest BCUT2D eigenvalue weighted by atomic mass is 9.89. The molecule has 1 aromatic heterocycles. The van der Waals surface area contributed by atoms with Crippen molar-refractivity contribution in [2.75, 3.05) is 31.6 Å². The summed E-state index contributed by atoms with van der Waals surface area (Å²) in [6, 6.07) is 4.88. The van der Waals surface area contributed by atoms with Crippen molar-refractivity contribution in [3.8, 4) is 0 Å². The molecule has 2 N–H and O–H groups in total. The van der Waals surface area contributed by atoms with E-state index >= 15 is 0 Å². The van der Waals surface area contributed by atoms with Gasteiger partial charge in [-0.2, -0.15) is 4.31 Å². The minimum atomic E-state index is -3.64. The molecular weight excluding hydrogens is 426 g/mol. The summed E-state index contributed by atoms with van der Waals surface area (Å²) in [6.45, 7) is 5.82. The van der Waals surface area contributed by atoms with E-state index in [1.54, 1.807) is 18.2 Å². The van der Waals surface area contributed by atoms with Crippen molar-refractivity contribution in [1.29, 1.82) is 0 Å². The lowest BCUT2D eigenvalue weighted by Gasteiger charge is -2.26. The van der Waals surface area contributed by atoms with Crippen molar-refractivity contribution < 1.29 is 17.9 Å². The maximum Gasteiger partial charge on any atom is 0.256 e. The van der Waals surface area contributed by atoms with Crippen LogP contribution in [0.1, 0.15) is 60.7 Å². The molecule has 170 valence electrons. The van der Waals surface area contributed by atoms with Crippen LogP contribution in [0.5, 0.6) is 0 Å². The van der Waals surface area contributed by atoms with E-state index in [0.717, 1.165) is 18.5 Å². The third-order valence-electron chi connectivity index (χ3n) is 6.62. The number of carbonyl (C=O) groups excluding carboxylic acids is 1. The summed E-state index contributed by atoms with van der Waals surface area (Å²) in [5, 5.41) is 2.89. The number of morpholine rings is 1. The van der Waals surface area contributed by atoms with Gasteiger partial charge in [-0.05, 0) is 67.0 Å². The lowest BCUT2D eigenvalue weighted by molar-refractivity contribution is -0.110. The second-order valence-electron chi connectivity index (χ2n) is 9.01. The van der Waals surface area contributed by atoms with Gasteiger partial charge in [0.2, 0.25) is 10.0 Å². The lowest BCUT2D eigenvalue weighted by Crippen LogP contribution is -2.40. The van der Waals surface area contributed by atoms with Crippen LogP contribution in [-0.2, 0) is 32.4 Å². The molecule has 1 saturated heterocycles. The first kappa shape index (κ1) is 21.4. The number of amides is 1. The molecule has 1 aliphatic carbocycles. The Kier molecular flexibility index (Phi) is 5.47. The van der Waals surface area contributed by atoms with E-state index in [9.17, 15) is 13.2 Å². The summed E-state index contributed by atoms with van der Waals surface area (Å²) in [7, 11) is -3.64. The van der Waals surface area contributed by atoms with Crippen LogP contribution in [0, 0.1) is 0 Å². The van der Waals surface area contributed by atoms with Gasteiger partial charge in [0, 0.05) is 35.7 Å². The van der Waals surface area contributed by atoms with Crippen LogP contribution in [0.3, 0.4) is 0 Å². The number of hydrogen-bond acceptors (Lipinski definition) is 4. The van der Waals surface area contributed by atoms with Crippen LogP contribution in [0.4, 0.5) is 5.69 Å². The summed E-state index contributed by atoms with van der Waals surface area (Å²) in [4.78, 5) is 16.6. The number of sulfonamides is 1. The summed E-state index contributed by atoms with van der Waals surface area (Å²) >= 11 is 0. The van der Waals surface area contributed by atoms with Gasteiger partial charge in [-0.15, -0.1) is 0 Å². The molecule has 5 rings (SSSR count). The van der Waals surface area contributed by atoms with Crippen molar-refractivity contribution in [3.63, 3.8) is 0 Å². The number of aromatic nitrogens is 1. The Morgan fingerprint density at radius 1 is 1.12 bits per heavy atom. The second kappa shape index (κ2) is 8.17. The molecule has 8 heteroatoms. The zero-order valence-corrected chi connectivity index (χ0v) is 19.3. The number of fused-ring (bicyclic) bond motifs is 2. The molecule has 0 unspecified atom stereocenters. The first-order valence-electron chi connectivity index (χ1n) is 11.3. The molecule has 1 amide bonds. The molecule has 3 aliphatic rings. The number of hydrogen-bond donors (Lipinski definition) is 2. The quantitative estimate of drug-likeness (QED) is 0.690. The van der Waals surface area contributed by atoms with E-state index in [2.05, 4.69) is 24.1 Å².